The Bertz CT molecular complexity index is 410. The summed E-state index contributed by atoms with van der Waals surface area (Å²) in [5.74, 6) is -0.0297. The summed E-state index contributed by atoms with van der Waals surface area (Å²) in [6.07, 6.45) is 0. The van der Waals surface area contributed by atoms with Crippen molar-refractivity contribution in [1.29, 1.82) is 0 Å². The van der Waals surface area contributed by atoms with Crippen LogP contribution in [0, 0.1) is 0 Å². The van der Waals surface area contributed by atoms with E-state index in [1.54, 1.807) is 0 Å². The van der Waals surface area contributed by atoms with Gasteiger partial charge in [0, 0.05) is 29.9 Å². The highest BCUT2D eigenvalue weighted by Gasteiger charge is 2.21. The summed E-state index contributed by atoms with van der Waals surface area (Å²) in [7, 11) is 4.02. The van der Waals surface area contributed by atoms with Crippen LogP contribution in [0.25, 0.3) is 0 Å². The molecule has 0 unspecified atom stereocenters. The minimum atomic E-state index is -0.0562. The first-order valence-corrected chi connectivity index (χ1v) is 6.66. The fraction of sp³-hybridized carbons (Fsp3) is 0.533. The molecule has 0 aliphatic rings. The molecule has 0 aliphatic carbocycles. The lowest BCUT2D eigenvalue weighted by molar-refractivity contribution is 0.0919. The van der Waals surface area contributed by atoms with E-state index in [0.29, 0.717) is 12.1 Å². The van der Waals surface area contributed by atoms with Crippen LogP contribution >= 0.6 is 0 Å². The fourth-order valence-corrected chi connectivity index (χ4v) is 1.50. The van der Waals surface area contributed by atoms with E-state index in [0.717, 1.165) is 12.2 Å². The third kappa shape index (κ3) is 4.56. The number of rotatable bonds is 6. The van der Waals surface area contributed by atoms with Gasteiger partial charge in [0.05, 0.1) is 0 Å². The number of hydrogen-bond donors (Lipinski definition) is 2. The number of carbonyl (C=O) groups is 1. The van der Waals surface area contributed by atoms with E-state index in [2.05, 4.69) is 29.4 Å². The second-order valence-electron chi connectivity index (χ2n) is 5.50. The standard InChI is InChI=1S/C15H25N3O/c1-6-16-13-9-7-12(8-10-13)14(19)17-11-15(2,3)18(4)5/h7-10,16H,6,11H2,1-5H3,(H,17,19). The Morgan fingerprint density at radius 1 is 1.21 bits per heavy atom. The number of nitrogens with zero attached hydrogens (tertiary/aromatic N) is 1. The summed E-state index contributed by atoms with van der Waals surface area (Å²) in [6, 6.07) is 7.54. The molecule has 4 nitrogen and oxygen atoms in total. The third-order valence-corrected chi connectivity index (χ3v) is 3.42. The minimum absolute atomic E-state index is 0.0297. The summed E-state index contributed by atoms with van der Waals surface area (Å²) in [6.45, 7) is 7.74. The van der Waals surface area contributed by atoms with Crippen molar-refractivity contribution >= 4 is 11.6 Å². The summed E-state index contributed by atoms with van der Waals surface area (Å²) in [4.78, 5) is 14.1. The molecule has 0 aromatic heterocycles. The van der Waals surface area contributed by atoms with E-state index in [-0.39, 0.29) is 11.4 Å². The van der Waals surface area contributed by atoms with Crippen LogP contribution in [0.1, 0.15) is 31.1 Å². The summed E-state index contributed by atoms with van der Waals surface area (Å²) >= 11 is 0. The van der Waals surface area contributed by atoms with Gasteiger partial charge in [0.2, 0.25) is 0 Å². The first kappa shape index (κ1) is 15.5. The topological polar surface area (TPSA) is 44.4 Å². The van der Waals surface area contributed by atoms with Gasteiger partial charge < -0.3 is 15.5 Å². The Labute approximate surface area is 116 Å². The molecule has 2 N–H and O–H groups in total. The molecule has 0 radical (unpaired) electrons. The quantitative estimate of drug-likeness (QED) is 0.827. The molecule has 0 saturated carbocycles. The van der Waals surface area contributed by atoms with Crippen LogP contribution in [-0.2, 0) is 0 Å². The molecule has 0 atom stereocenters. The maximum Gasteiger partial charge on any atom is 0.251 e. The smallest absolute Gasteiger partial charge is 0.251 e. The fourth-order valence-electron chi connectivity index (χ4n) is 1.50. The third-order valence-electron chi connectivity index (χ3n) is 3.42. The summed E-state index contributed by atoms with van der Waals surface area (Å²) < 4.78 is 0. The Morgan fingerprint density at radius 2 is 1.79 bits per heavy atom. The zero-order valence-corrected chi connectivity index (χ0v) is 12.6. The molecule has 1 aromatic carbocycles. The van der Waals surface area contributed by atoms with Crippen molar-refractivity contribution in [3.8, 4) is 0 Å². The molecule has 0 saturated heterocycles. The number of nitrogens with one attached hydrogen (secondary N) is 2. The van der Waals surface area contributed by atoms with Crippen molar-refractivity contribution < 1.29 is 4.79 Å². The summed E-state index contributed by atoms with van der Waals surface area (Å²) in [5, 5.41) is 6.18. The van der Waals surface area contributed by atoms with E-state index < -0.39 is 0 Å². The maximum atomic E-state index is 12.0. The van der Waals surface area contributed by atoms with E-state index in [1.165, 1.54) is 0 Å². The van der Waals surface area contributed by atoms with E-state index in [4.69, 9.17) is 0 Å². The van der Waals surface area contributed by atoms with E-state index >= 15 is 0 Å². The predicted octanol–water partition coefficient (Wildman–Crippen LogP) is 2.19. The number of likely N-dealkylation sites (N-methyl/N-ethyl adjacent to an activating group) is 1. The first-order chi connectivity index (χ1) is 8.86. The minimum Gasteiger partial charge on any atom is -0.385 e. The Balaban J connectivity index is 2.59. The molecular weight excluding hydrogens is 238 g/mol. The van der Waals surface area contributed by atoms with Gasteiger partial charge in [-0.1, -0.05) is 0 Å². The Kier molecular flexibility index (Phi) is 5.36. The highest BCUT2D eigenvalue weighted by Crippen LogP contribution is 2.11. The van der Waals surface area contributed by atoms with E-state index in [9.17, 15) is 4.79 Å². The number of benzene rings is 1. The van der Waals surface area contributed by atoms with Crippen LogP contribution in [0.15, 0.2) is 24.3 Å². The SMILES string of the molecule is CCNc1ccc(C(=O)NCC(C)(C)N(C)C)cc1. The highest BCUT2D eigenvalue weighted by atomic mass is 16.1. The van der Waals surface area contributed by atoms with Crippen LogP contribution in [0.2, 0.25) is 0 Å². The monoisotopic (exact) mass is 263 g/mol. The van der Waals surface area contributed by atoms with Gasteiger partial charge in [-0.15, -0.1) is 0 Å². The number of carbonyl (C=O) groups excluding carboxylic acids is 1. The van der Waals surface area contributed by atoms with Crippen molar-refractivity contribution in [2.75, 3.05) is 32.5 Å². The molecule has 4 heteroatoms. The molecule has 0 aliphatic heterocycles. The van der Waals surface area contributed by atoms with Gasteiger partial charge in [0.25, 0.3) is 5.91 Å². The normalized spacial score (nSPS) is 11.5. The average molecular weight is 263 g/mol. The molecule has 0 spiro atoms. The molecular formula is C15H25N3O. The van der Waals surface area contributed by atoms with Gasteiger partial charge in [-0.25, -0.2) is 0 Å². The predicted molar refractivity (Wildman–Crippen MR) is 80.7 cm³/mol. The molecule has 0 fully saturated rings. The largest absolute Gasteiger partial charge is 0.385 e. The number of hydrogen-bond acceptors (Lipinski definition) is 3. The van der Waals surface area contributed by atoms with Crippen LogP contribution in [0.4, 0.5) is 5.69 Å². The average Bonchev–Trinajstić information content (AvgIpc) is 2.37. The van der Waals surface area contributed by atoms with Crippen LogP contribution in [0.5, 0.6) is 0 Å². The Hall–Kier alpha value is -1.55. The molecule has 0 bridgehead atoms. The molecule has 1 rings (SSSR count). The van der Waals surface area contributed by atoms with Gasteiger partial charge in [-0.05, 0) is 59.1 Å². The van der Waals surface area contributed by atoms with Crippen LogP contribution in [-0.4, -0.2) is 43.5 Å². The van der Waals surface area contributed by atoms with Crippen LogP contribution in [0.3, 0.4) is 0 Å². The lowest BCUT2D eigenvalue weighted by atomic mass is 10.0. The number of anilines is 1. The van der Waals surface area contributed by atoms with Gasteiger partial charge in [-0.3, -0.25) is 4.79 Å². The number of amides is 1. The lowest BCUT2D eigenvalue weighted by Gasteiger charge is -2.32. The van der Waals surface area contributed by atoms with Crippen molar-refractivity contribution in [3.63, 3.8) is 0 Å². The van der Waals surface area contributed by atoms with Gasteiger partial charge >= 0.3 is 0 Å². The van der Waals surface area contributed by atoms with Crippen molar-refractivity contribution in [2.45, 2.75) is 26.3 Å². The highest BCUT2D eigenvalue weighted by molar-refractivity contribution is 5.94. The van der Waals surface area contributed by atoms with Gasteiger partial charge in [0.1, 0.15) is 0 Å². The molecule has 1 aromatic rings. The van der Waals surface area contributed by atoms with Gasteiger partial charge in [-0.2, -0.15) is 0 Å². The zero-order chi connectivity index (χ0) is 14.5. The zero-order valence-electron chi connectivity index (χ0n) is 12.6. The molecule has 1 amide bonds. The second-order valence-corrected chi connectivity index (χ2v) is 5.50. The maximum absolute atomic E-state index is 12.0. The first-order valence-electron chi connectivity index (χ1n) is 6.66. The molecule has 19 heavy (non-hydrogen) atoms. The van der Waals surface area contributed by atoms with Crippen LogP contribution < -0.4 is 10.6 Å². The van der Waals surface area contributed by atoms with Gasteiger partial charge in [0.15, 0.2) is 0 Å². The van der Waals surface area contributed by atoms with Crippen molar-refractivity contribution in [3.05, 3.63) is 29.8 Å². The molecule has 106 valence electrons. The lowest BCUT2D eigenvalue weighted by Crippen LogP contribution is -2.48. The molecule has 0 heterocycles. The summed E-state index contributed by atoms with van der Waals surface area (Å²) in [5.41, 5.74) is 1.67. The van der Waals surface area contributed by atoms with Crippen molar-refractivity contribution in [1.82, 2.24) is 10.2 Å². The van der Waals surface area contributed by atoms with E-state index in [1.807, 2.05) is 45.3 Å². The second kappa shape index (κ2) is 6.57. The van der Waals surface area contributed by atoms with Crippen molar-refractivity contribution in [2.24, 2.45) is 0 Å². The Morgan fingerprint density at radius 3 is 2.26 bits per heavy atom.